The van der Waals surface area contributed by atoms with Gasteiger partial charge in [0.15, 0.2) is 0 Å². The summed E-state index contributed by atoms with van der Waals surface area (Å²) in [6.45, 7) is 12.0. The van der Waals surface area contributed by atoms with Gasteiger partial charge in [0.1, 0.15) is 5.60 Å². The fourth-order valence-corrected chi connectivity index (χ4v) is 1.90. The summed E-state index contributed by atoms with van der Waals surface area (Å²) in [4.78, 5) is 27.1. The van der Waals surface area contributed by atoms with Gasteiger partial charge in [0.05, 0.1) is 12.6 Å². The van der Waals surface area contributed by atoms with Crippen molar-refractivity contribution in [1.82, 2.24) is 9.80 Å². The van der Waals surface area contributed by atoms with E-state index in [-0.39, 0.29) is 24.7 Å². The van der Waals surface area contributed by atoms with Crippen molar-refractivity contribution in [2.24, 2.45) is 0 Å². The van der Waals surface area contributed by atoms with Gasteiger partial charge in [-0.25, -0.2) is 4.79 Å². The normalized spacial score (nSPS) is 17.2. The van der Waals surface area contributed by atoms with Gasteiger partial charge in [-0.05, 0) is 34.6 Å². The maximum absolute atomic E-state index is 11.9. The Morgan fingerprint density at radius 1 is 1.10 bits per heavy atom. The molecule has 0 bridgehead atoms. The summed E-state index contributed by atoms with van der Waals surface area (Å²) in [6.07, 6.45) is -0.382. The molecule has 0 aliphatic carbocycles. The van der Waals surface area contributed by atoms with Crippen LogP contribution in [-0.2, 0) is 14.3 Å². The Hall–Kier alpha value is -1.30. The smallest absolute Gasteiger partial charge is 0.410 e. The molecule has 1 aliphatic rings. The van der Waals surface area contributed by atoms with E-state index in [2.05, 4.69) is 0 Å². The number of rotatable bonds is 3. The van der Waals surface area contributed by atoms with Gasteiger partial charge in [0.25, 0.3) is 0 Å². The topological polar surface area (TPSA) is 59.1 Å². The van der Waals surface area contributed by atoms with Crippen LogP contribution in [0.25, 0.3) is 0 Å². The molecule has 20 heavy (non-hydrogen) atoms. The molecule has 6 heteroatoms. The number of carbonyl (C=O) groups excluding carboxylic acids is 2. The molecule has 0 aromatic carbocycles. The van der Waals surface area contributed by atoms with Crippen LogP contribution in [0.2, 0.25) is 0 Å². The molecule has 1 heterocycles. The highest BCUT2D eigenvalue weighted by atomic mass is 16.6. The van der Waals surface area contributed by atoms with Crippen LogP contribution in [0.1, 0.15) is 34.6 Å². The Balaban J connectivity index is 2.33. The highest BCUT2D eigenvalue weighted by Crippen LogP contribution is 2.11. The molecule has 0 spiro atoms. The molecule has 1 aliphatic heterocycles. The summed E-state index contributed by atoms with van der Waals surface area (Å²) in [5.41, 5.74) is -0.477. The second kappa shape index (κ2) is 6.92. The van der Waals surface area contributed by atoms with E-state index in [9.17, 15) is 9.59 Å². The number of amides is 1. The van der Waals surface area contributed by atoms with Crippen molar-refractivity contribution in [3.8, 4) is 0 Å². The third-order valence-corrected chi connectivity index (χ3v) is 2.74. The van der Waals surface area contributed by atoms with Gasteiger partial charge < -0.3 is 14.4 Å². The number of nitrogens with zero attached hydrogens (tertiary/aromatic N) is 2. The molecule has 6 nitrogen and oxygen atoms in total. The van der Waals surface area contributed by atoms with Gasteiger partial charge in [-0.3, -0.25) is 9.69 Å². The van der Waals surface area contributed by atoms with Gasteiger partial charge >= 0.3 is 12.1 Å². The molecule has 1 fully saturated rings. The van der Waals surface area contributed by atoms with Crippen molar-refractivity contribution in [1.29, 1.82) is 0 Å². The van der Waals surface area contributed by atoms with E-state index in [1.165, 1.54) is 0 Å². The number of ether oxygens (including phenoxy) is 2. The lowest BCUT2D eigenvalue weighted by molar-refractivity contribution is -0.149. The Kier molecular flexibility index (Phi) is 5.80. The van der Waals surface area contributed by atoms with Gasteiger partial charge in [-0.15, -0.1) is 0 Å². The summed E-state index contributed by atoms with van der Waals surface area (Å²) >= 11 is 0. The van der Waals surface area contributed by atoms with Crippen molar-refractivity contribution in [3.05, 3.63) is 0 Å². The summed E-state index contributed by atoms with van der Waals surface area (Å²) in [7, 11) is 0. The fourth-order valence-electron chi connectivity index (χ4n) is 1.90. The first-order chi connectivity index (χ1) is 9.17. The molecule has 0 radical (unpaired) electrons. The molecule has 0 N–H and O–H groups in total. The van der Waals surface area contributed by atoms with Crippen molar-refractivity contribution in [3.63, 3.8) is 0 Å². The first kappa shape index (κ1) is 16.8. The first-order valence-electron chi connectivity index (χ1n) is 7.07. The Morgan fingerprint density at radius 2 is 1.65 bits per heavy atom. The van der Waals surface area contributed by atoms with E-state index < -0.39 is 5.60 Å². The number of carbonyl (C=O) groups is 2. The summed E-state index contributed by atoms with van der Waals surface area (Å²) < 4.78 is 10.4. The second-order valence-corrected chi connectivity index (χ2v) is 6.28. The van der Waals surface area contributed by atoms with Crippen LogP contribution in [0.5, 0.6) is 0 Å². The number of esters is 1. The minimum atomic E-state index is -0.477. The summed E-state index contributed by atoms with van der Waals surface area (Å²) in [6, 6.07) is 0. The zero-order chi connectivity index (χ0) is 15.3. The lowest BCUT2D eigenvalue weighted by Crippen LogP contribution is -2.51. The van der Waals surface area contributed by atoms with E-state index in [0.717, 1.165) is 0 Å². The number of piperazine rings is 1. The zero-order valence-electron chi connectivity index (χ0n) is 13.1. The van der Waals surface area contributed by atoms with Crippen LogP contribution in [0.3, 0.4) is 0 Å². The molecule has 0 unspecified atom stereocenters. The molecule has 0 aromatic heterocycles. The van der Waals surface area contributed by atoms with Gasteiger partial charge in [-0.1, -0.05) is 0 Å². The largest absolute Gasteiger partial charge is 0.462 e. The zero-order valence-corrected chi connectivity index (χ0v) is 13.1. The van der Waals surface area contributed by atoms with Crippen LogP contribution in [0.4, 0.5) is 4.79 Å². The Labute approximate surface area is 121 Å². The van der Waals surface area contributed by atoms with E-state index in [0.29, 0.717) is 26.2 Å². The highest BCUT2D eigenvalue weighted by Gasteiger charge is 2.26. The highest BCUT2D eigenvalue weighted by molar-refractivity contribution is 5.72. The van der Waals surface area contributed by atoms with Crippen LogP contribution < -0.4 is 0 Å². The quantitative estimate of drug-likeness (QED) is 0.736. The van der Waals surface area contributed by atoms with Crippen LogP contribution in [-0.4, -0.2) is 66.3 Å². The van der Waals surface area contributed by atoms with Crippen molar-refractivity contribution < 1.29 is 19.1 Å². The molecule has 116 valence electrons. The van der Waals surface area contributed by atoms with E-state index >= 15 is 0 Å². The number of hydrogen-bond acceptors (Lipinski definition) is 5. The van der Waals surface area contributed by atoms with E-state index in [1.54, 1.807) is 4.90 Å². The Morgan fingerprint density at radius 3 is 2.10 bits per heavy atom. The third-order valence-electron chi connectivity index (χ3n) is 2.74. The van der Waals surface area contributed by atoms with Crippen molar-refractivity contribution >= 4 is 12.1 Å². The van der Waals surface area contributed by atoms with Crippen LogP contribution in [0, 0.1) is 0 Å². The third kappa shape index (κ3) is 6.23. The lowest BCUT2D eigenvalue weighted by atomic mass is 10.2. The number of hydrogen-bond donors (Lipinski definition) is 0. The SMILES string of the molecule is CC(C)OC(=O)CN1CCN(C(=O)OC(C)(C)C)CC1. The van der Waals surface area contributed by atoms with Gasteiger partial charge in [0, 0.05) is 26.2 Å². The van der Waals surface area contributed by atoms with E-state index in [1.807, 2.05) is 39.5 Å². The lowest BCUT2D eigenvalue weighted by Gasteiger charge is -2.35. The van der Waals surface area contributed by atoms with Gasteiger partial charge in [-0.2, -0.15) is 0 Å². The minimum absolute atomic E-state index is 0.0921. The molecular formula is C14H26N2O4. The standard InChI is InChI=1S/C14H26N2O4/c1-11(2)19-12(17)10-15-6-8-16(9-7-15)13(18)20-14(3,4)5/h11H,6-10H2,1-5H3. The molecule has 1 rings (SSSR count). The maximum Gasteiger partial charge on any atom is 0.410 e. The first-order valence-corrected chi connectivity index (χ1v) is 7.07. The monoisotopic (exact) mass is 286 g/mol. The predicted molar refractivity (Wildman–Crippen MR) is 75.5 cm³/mol. The van der Waals surface area contributed by atoms with Gasteiger partial charge in [0.2, 0.25) is 0 Å². The average molecular weight is 286 g/mol. The molecule has 0 saturated carbocycles. The Bertz CT molecular complexity index is 342. The maximum atomic E-state index is 11.9. The van der Waals surface area contributed by atoms with E-state index in [4.69, 9.17) is 9.47 Å². The molecule has 0 aromatic rings. The molecule has 0 atom stereocenters. The predicted octanol–water partition coefficient (Wildman–Crippen LogP) is 1.49. The van der Waals surface area contributed by atoms with Crippen LogP contribution >= 0.6 is 0 Å². The molecule has 1 saturated heterocycles. The second-order valence-electron chi connectivity index (χ2n) is 6.28. The molecular weight excluding hydrogens is 260 g/mol. The molecule has 1 amide bonds. The minimum Gasteiger partial charge on any atom is -0.462 e. The average Bonchev–Trinajstić information content (AvgIpc) is 2.26. The summed E-state index contributed by atoms with van der Waals surface area (Å²) in [5.74, 6) is -0.217. The fraction of sp³-hybridized carbons (Fsp3) is 0.857. The van der Waals surface area contributed by atoms with Crippen molar-refractivity contribution in [2.75, 3.05) is 32.7 Å². The van der Waals surface area contributed by atoms with Crippen LogP contribution in [0.15, 0.2) is 0 Å². The van der Waals surface area contributed by atoms with Crippen molar-refractivity contribution in [2.45, 2.75) is 46.3 Å². The summed E-state index contributed by atoms with van der Waals surface area (Å²) in [5, 5.41) is 0.